The highest BCUT2D eigenvalue weighted by molar-refractivity contribution is 7.09. The number of thiophene rings is 1. The lowest BCUT2D eigenvalue weighted by atomic mass is 9.58. The van der Waals surface area contributed by atoms with Crippen molar-refractivity contribution in [2.24, 2.45) is 17.8 Å². The first kappa shape index (κ1) is 26.9. The Hall–Kier alpha value is -2.68. The van der Waals surface area contributed by atoms with Crippen molar-refractivity contribution in [1.29, 1.82) is 0 Å². The predicted octanol–water partition coefficient (Wildman–Crippen LogP) is 5.82. The first-order valence-corrected chi connectivity index (χ1v) is 14.7. The number of imide groups is 1. The molecule has 0 spiro atoms. The van der Waals surface area contributed by atoms with Crippen LogP contribution in [-0.4, -0.2) is 40.1 Å². The van der Waals surface area contributed by atoms with E-state index in [0.717, 1.165) is 41.7 Å². The zero-order valence-corrected chi connectivity index (χ0v) is 23.0. The van der Waals surface area contributed by atoms with Crippen LogP contribution in [0.1, 0.15) is 62.8 Å². The quantitative estimate of drug-likeness (QED) is 0.241. The first-order chi connectivity index (χ1) is 18.4. The molecule has 2 fully saturated rings. The topological polar surface area (TPSA) is 87.1 Å². The van der Waals surface area contributed by atoms with Crippen LogP contribution >= 0.6 is 11.3 Å². The van der Waals surface area contributed by atoms with Crippen molar-refractivity contribution in [3.05, 3.63) is 68.9 Å². The molecule has 0 radical (unpaired) electrons. The Morgan fingerprint density at radius 3 is 2.63 bits per heavy atom. The Labute approximate surface area is 229 Å². The molecule has 1 aliphatic carbocycles. The Balaban J connectivity index is 1.40. The van der Waals surface area contributed by atoms with Crippen LogP contribution in [-0.2, 0) is 20.8 Å². The molecule has 2 aliphatic heterocycles. The van der Waals surface area contributed by atoms with E-state index in [9.17, 15) is 19.7 Å². The lowest BCUT2D eigenvalue weighted by Gasteiger charge is -2.43. The van der Waals surface area contributed by atoms with Gasteiger partial charge in [0.05, 0.1) is 24.5 Å². The van der Waals surface area contributed by atoms with Crippen molar-refractivity contribution >= 4 is 36.3 Å². The molecule has 0 unspecified atom stereocenters. The number of nitrogens with zero attached hydrogens (tertiary/aromatic N) is 1. The Morgan fingerprint density at radius 1 is 1.16 bits per heavy atom. The summed E-state index contributed by atoms with van der Waals surface area (Å²) >= 11 is 1.56. The summed E-state index contributed by atoms with van der Waals surface area (Å²) in [5.41, 5.74) is 4.71. The smallest absolute Gasteiger partial charge is 0.455 e. The third-order valence-corrected chi connectivity index (χ3v) is 9.15. The van der Waals surface area contributed by atoms with E-state index in [-0.39, 0.29) is 35.5 Å². The standard InChI is InChI=1S/C30H36BNO5S/c1-3-6-21-16-24-28(30(35)32(29(24)34)18-23-7-5-14-38-23)25-17-31(36)37-26(27(21)25)13-10-19(4-2)15-20-8-11-22(33)12-9-20/h5,7-9,11-12,14-15,24-26,28,33,36H,3-4,6,10,13,16-18H2,1-2H3/b19-15+/t24-,25+,26-,28-/m1/s1. The molecule has 0 bridgehead atoms. The van der Waals surface area contributed by atoms with E-state index in [0.29, 0.717) is 25.7 Å². The molecule has 5 rings (SSSR count). The lowest BCUT2D eigenvalue weighted by Crippen LogP contribution is -2.46. The number of hydrogen-bond acceptors (Lipinski definition) is 6. The van der Waals surface area contributed by atoms with Gasteiger partial charge >= 0.3 is 7.12 Å². The van der Waals surface area contributed by atoms with Gasteiger partial charge in [-0.1, -0.05) is 55.7 Å². The van der Waals surface area contributed by atoms with Gasteiger partial charge < -0.3 is 14.8 Å². The van der Waals surface area contributed by atoms with Gasteiger partial charge in [0.1, 0.15) is 5.75 Å². The van der Waals surface area contributed by atoms with Crippen LogP contribution < -0.4 is 0 Å². The maximum atomic E-state index is 13.7. The summed E-state index contributed by atoms with van der Waals surface area (Å²) in [6, 6.07) is 11.1. The number of aromatic hydroxyl groups is 1. The summed E-state index contributed by atoms with van der Waals surface area (Å²) in [5.74, 6) is -0.846. The minimum atomic E-state index is -0.948. The monoisotopic (exact) mass is 533 g/mol. The molecule has 1 aromatic carbocycles. The normalized spacial score (nSPS) is 25.7. The van der Waals surface area contributed by atoms with Crippen LogP contribution in [0, 0.1) is 17.8 Å². The third-order valence-electron chi connectivity index (χ3n) is 8.29. The third kappa shape index (κ3) is 5.40. The fourth-order valence-corrected chi connectivity index (χ4v) is 7.25. The number of rotatable bonds is 9. The maximum absolute atomic E-state index is 13.7. The second kappa shape index (κ2) is 11.6. The van der Waals surface area contributed by atoms with Crippen molar-refractivity contribution < 1.29 is 24.4 Å². The number of likely N-dealkylation sites (tertiary alicyclic amines) is 1. The van der Waals surface area contributed by atoms with E-state index in [1.54, 1.807) is 23.5 Å². The highest BCUT2D eigenvalue weighted by atomic mass is 32.1. The fraction of sp³-hybridized carbons (Fsp3) is 0.467. The number of amides is 2. The molecule has 6 nitrogen and oxygen atoms in total. The molecule has 200 valence electrons. The molecule has 4 atom stereocenters. The number of phenolic OH excluding ortho intramolecular Hbond substituents is 1. The molecular weight excluding hydrogens is 497 g/mol. The average molecular weight is 533 g/mol. The number of phenols is 1. The summed E-state index contributed by atoms with van der Waals surface area (Å²) < 4.78 is 6.15. The van der Waals surface area contributed by atoms with Gasteiger partial charge in [0.15, 0.2) is 0 Å². The van der Waals surface area contributed by atoms with Crippen molar-refractivity contribution in [3.63, 3.8) is 0 Å². The molecule has 2 saturated heterocycles. The molecule has 3 aliphatic rings. The molecule has 3 heterocycles. The van der Waals surface area contributed by atoms with Crippen molar-refractivity contribution in [2.45, 2.75) is 71.3 Å². The lowest BCUT2D eigenvalue weighted by molar-refractivity contribution is -0.140. The van der Waals surface area contributed by atoms with Crippen LogP contribution in [0.4, 0.5) is 0 Å². The van der Waals surface area contributed by atoms with Gasteiger partial charge in [-0.3, -0.25) is 14.5 Å². The van der Waals surface area contributed by atoms with Crippen LogP contribution in [0.2, 0.25) is 6.32 Å². The fourth-order valence-electron chi connectivity index (χ4n) is 6.56. The summed E-state index contributed by atoms with van der Waals surface area (Å²) in [6.45, 7) is 4.60. The zero-order chi connectivity index (χ0) is 26.8. The highest BCUT2D eigenvalue weighted by Gasteiger charge is 2.57. The van der Waals surface area contributed by atoms with Crippen molar-refractivity contribution in [1.82, 2.24) is 4.90 Å². The van der Waals surface area contributed by atoms with Gasteiger partial charge in [-0.15, -0.1) is 11.3 Å². The molecule has 2 aromatic rings. The molecule has 2 N–H and O–H groups in total. The number of carbonyl (C=O) groups excluding carboxylic acids is 2. The SMILES string of the molecule is CCCC1=C2[C@@H](CC/C(=C/c3ccc(O)cc3)CC)OB(O)C[C@@H]2[C@@H]2C(=O)N(Cc3cccs3)C(=O)[C@@H]2C1. The van der Waals surface area contributed by atoms with Crippen molar-refractivity contribution in [2.75, 3.05) is 0 Å². The van der Waals surface area contributed by atoms with E-state index in [1.807, 2.05) is 29.6 Å². The maximum Gasteiger partial charge on any atom is 0.455 e. The zero-order valence-electron chi connectivity index (χ0n) is 22.1. The Morgan fingerprint density at radius 2 is 1.95 bits per heavy atom. The van der Waals surface area contributed by atoms with Gasteiger partial charge in [0.25, 0.3) is 0 Å². The Bertz CT molecular complexity index is 1220. The minimum Gasteiger partial charge on any atom is -0.508 e. The van der Waals surface area contributed by atoms with E-state index in [1.165, 1.54) is 16.0 Å². The van der Waals surface area contributed by atoms with Crippen LogP contribution in [0.3, 0.4) is 0 Å². The second-order valence-electron chi connectivity index (χ2n) is 10.7. The van der Waals surface area contributed by atoms with E-state index in [4.69, 9.17) is 4.65 Å². The number of fused-ring (bicyclic) bond motifs is 3. The van der Waals surface area contributed by atoms with E-state index >= 15 is 0 Å². The summed E-state index contributed by atoms with van der Waals surface area (Å²) in [6.07, 6.45) is 7.08. The molecule has 2 amide bonds. The summed E-state index contributed by atoms with van der Waals surface area (Å²) in [7, 11) is -0.948. The van der Waals surface area contributed by atoms with Crippen LogP contribution in [0.15, 0.2) is 58.5 Å². The van der Waals surface area contributed by atoms with Gasteiger partial charge in [-0.2, -0.15) is 0 Å². The first-order valence-electron chi connectivity index (χ1n) is 13.8. The number of benzene rings is 1. The van der Waals surface area contributed by atoms with Gasteiger partial charge in [-0.05, 0) is 79.1 Å². The highest BCUT2D eigenvalue weighted by Crippen LogP contribution is 2.51. The summed E-state index contributed by atoms with van der Waals surface area (Å²) in [4.78, 5) is 29.6. The summed E-state index contributed by atoms with van der Waals surface area (Å²) in [5, 5.41) is 22.3. The molecule has 8 heteroatoms. The van der Waals surface area contributed by atoms with Crippen LogP contribution in [0.25, 0.3) is 6.08 Å². The molecule has 1 aromatic heterocycles. The molecule has 0 saturated carbocycles. The van der Waals surface area contributed by atoms with Gasteiger partial charge in [-0.25, -0.2) is 0 Å². The number of carbonyl (C=O) groups is 2. The van der Waals surface area contributed by atoms with E-state index in [2.05, 4.69) is 19.9 Å². The van der Waals surface area contributed by atoms with Crippen LogP contribution in [0.5, 0.6) is 5.75 Å². The largest absolute Gasteiger partial charge is 0.508 e. The van der Waals surface area contributed by atoms with E-state index < -0.39 is 13.0 Å². The van der Waals surface area contributed by atoms with Gasteiger partial charge in [0.2, 0.25) is 11.8 Å². The minimum absolute atomic E-state index is 0.0660. The predicted molar refractivity (Wildman–Crippen MR) is 150 cm³/mol. The van der Waals surface area contributed by atoms with Crippen molar-refractivity contribution in [3.8, 4) is 5.75 Å². The molecular formula is C30H36BNO5S. The molecule has 38 heavy (non-hydrogen) atoms. The number of hydrogen-bond donors (Lipinski definition) is 2. The number of allylic oxidation sites excluding steroid dienone is 2. The second-order valence-corrected chi connectivity index (χ2v) is 11.7. The van der Waals surface area contributed by atoms with Gasteiger partial charge in [0, 0.05) is 4.88 Å². The average Bonchev–Trinajstić information content (AvgIpc) is 3.50. The Kier molecular flexibility index (Phi) is 8.22.